The first-order chi connectivity index (χ1) is 7.65. The van der Waals surface area contributed by atoms with Gasteiger partial charge in [-0.05, 0) is 45.1 Å². The maximum absolute atomic E-state index is 5.80. The summed E-state index contributed by atoms with van der Waals surface area (Å²) in [7, 11) is 0. The van der Waals surface area contributed by atoms with Crippen molar-refractivity contribution >= 4 is 0 Å². The van der Waals surface area contributed by atoms with Crippen molar-refractivity contribution in [1.82, 2.24) is 5.32 Å². The fourth-order valence-corrected chi connectivity index (χ4v) is 2.73. The van der Waals surface area contributed by atoms with Gasteiger partial charge in [0.2, 0.25) is 0 Å². The first kappa shape index (κ1) is 14.0. The Bertz CT molecular complexity index is 182. The van der Waals surface area contributed by atoms with Crippen LogP contribution in [0.15, 0.2) is 0 Å². The third-order valence-corrected chi connectivity index (χ3v) is 3.71. The van der Waals surface area contributed by atoms with E-state index in [0.29, 0.717) is 12.1 Å². The fraction of sp³-hybridized carbons (Fsp3) is 1.00. The van der Waals surface area contributed by atoms with Crippen LogP contribution in [0.2, 0.25) is 0 Å². The SMILES string of the molecule is CCCNC(COC(C)C)C1CCCC1C. The summed E-state index contributed by atoms with van der Waals surface area (Å²) in [5.74, 6) is 1.69. The molecule has 0 spiro atoms. The lowest BCUT2D eigenvalue weighted by atomic mass is 9.90. The van der Waals surface area contributed by atoms with Crippen LogP contribution >= 0.6 is 0 Å². The van der Waals surface area contributed by atoms with E-state index in [0.717, 1.165) is 25.0 Å². The van der Waals surface area contributed by atoms with Crippen LogP contribution in [0.5, 0.6) is 0 Å². The van der Waals surface area contributed by atoms with E-state index in [1.165, 1.54) is 25.7 Å². The Morgan fingerprint density at radius 3 is 2.56 bits per heavy atom. The summed E-state index contributed by atoms with van der Waals surface area (Å²) < 4.78 is 5.80. The minimum absolute atomic E-state index is 0.350. The first-order valence-corrected chi connectivity index (χ1v) is 7.00. The largest absolute Gasteiger partial charge is 0.377 e. The molecule has 0 aliphatic heterocycles. The summed E-state index contributed by atoms with van der Waals surface area (Å²) >= 11 is 0. The Morgan fingerprint density at radius 1 is 1.31 bits per heavy atom. The molecule has 2 nitrogen and oxygen atoms in total. The fourth-order valence-electron chi connectivity index (χ4n) is 2.73. The number of hydrogen-bond acceptors (Lipinski definition) is 2. The standard InChI is InChI=1S/C14H29NO/c1-5-9-15-14(10-16-11(2)3)13-8-6-7-12(13)4/h11-15H,5-10H2,1-4H3. The van der Waals surface area contributed by atoms with Gasteiger partial charge in [0.1, 0.15) is 0 Å². The molecule has 1 aliphatic carbocycles. The lowest BCUT2D eigenvalue weighted by Gasteiger charge is -2.28. The van der Waals surface area contributed by atoms with Gasteiger partial charge in [-0.25, -0.2) is 0 Å². The van der Waals surface area contributed by atoms with Gasteiger partial charge >= 0.3 is 0 Å². The summed E-state index contributed by atoms with van der Waals surface area (Å²) in [5, 5.41) is 3.67. The van der Waals surface area contributed by atoms with Gasteiger partial charge in [0, 0.05) is 6.04 Å². The van der Waals surface area contributed by atoms with Crippen LogP contribution in [-0.2, 0) is 4.74 Å². The van der Waals surface area contributed by atoms with Gasteiger partial charge in [-0.1, -0.05) is 26.7 Å². The van der Waals surface area contributed by atoms with Gasteiger partial charge in [-0.15, -0.1) is 0 Å². The third kappa shape index (κ3) is 4.42. The predicted octanol–water partition coefficient (Wildman–Crippen LogP) is 3.22. The Hall–Kier alpha value is -0.0800. The molecule has 1 saturated carbocycles. The van der Waals surface area contributed by atoms with E-state index < -0.39 is 0 Å². The average Bonchev–Trinajstić information content (AvgIpc) is 2.65. The highest BCUT2D eigenvalue weighted by Gasteiger charge is 2.30. The number of nitrogens with one attached hydrogen (secondary N) is 1. The normalized spacial score (nSPS) is 27.6. The molecule has 16 heavy (non-hydrogen) atoms. The summed E-state index contributed by atoms with van der Waals surface area (Å²) in [6.07, 6.45) is 5.74. The quantitative estimate of drug-likeness (QED) is 0.721. The highest BCUT2D eigenvalue weighted by molar-refractivity contribution is 4.84. The molecule has 0 aromatic carbocycles. The third-order valence-electron chi connectivity index (χ3n) is 3.71. The van der Waals surface area contributed by atoms with E-state index in [1.54, 1.807) is 0 Å². The molecule has 1 fully saturated rings. The highest BCUT2D eigenvalue weighted by Crippen LogP contribution is 2.33. The summed E-state index contributed by atoms with van der Waals surface area (Å²) in [6, 6.07) is 0.569. The summed E-state index contributed by atoms with van der Waals surface area (Å²) in [4.78, 5) is 0. The van der Waals surface area contributed by atoms with Crippen LogP contribution in [0.1, 0.15) is 53.4 Å². The minimum Gasteiger partial charge on any atom is -0.377 e. The van der Waals surface area contributed by atoms with E-state index >= 15 is 0 Å². The number of ether oxygens (including phenoxy) is 1. The van der Waals surface area contributed by atoms with Crippen molar-refractivity contribution in [3.63, 3.8) is 0 Å². The van der Waals surface area contributed by atoms with E-state index in [2.05, 4.69) is 33.0 Å². The molecule has 1 N–H and O–H groups in total. The zero-order valence-corrected chi connectivity index (χ0v) is 11.5. The lowest BCUT2D eigenvalue weighted by molar-refractivity contribution is 0.0439. The molecule has 3 atom stereocenters. The van der Waals surface area contributed by atoms with E-state index in [9.17, 15) is 0 Å². The van der Waals surface area contributed by atoms with Crippen molar-refractivity contribution < 1.29 is 4.74 Å². The zero-order valence-electron chi connectivity index (χ0n) is 11.5. The van der Waals surface area contributed by atoms with Crippen LogP contribution in [0.4, 0.5) is 0 Å². The van der Waals surface area contributed by atoms with Crippen molar-refractivity contribution in [2.45, 2.75) is 65.5 Å². The summed E-state index contributed by atoms with van der Waals surface area (Å²) in [5.41, 5.74) is 0. The lowest BCUT2D eigenvalue weighted by Crippen LogP contribution is -2.42. The molecule has 0 aromatic heterocycles. The Morgan fingerprint density at radius 2 is 2.06 bits per heavy atom. The van der Waals surface area contributed by atoms with Crippen molar-refractivity contribution in [3.05, 3.63) is 0 Å². The number of rotatable bonds is 7. The molecule has 0 radical (unpaired) electrons. The molecule has 0 amide bonds. The second-order valence-corrected chi connectivity index (χ2v) is 5.51. The Kier molecular flexibility index (Phi) is 6.37. The number of hydrogen-bond donors (Lipinski definition) is 1. The Balaban J connectivity index is 2.41. The van der Waals surface area contributed by atoms with E-state index in [-0.39, 0.29) is 0 Å². The molecule has 2 heteroatoms. The van der Waals surface area contributed by atoms with Gasteiger partial charge in [-0.3, -0.25) is 0 Å². The van der Waals surface area contributed by atoms with Crippen LogP contribution in [-0.4, -0.2) is 25.3 Å². The molecule has 0 heterocycles. The van der Waals surface area contributed by atoms with Gasteiger partial charge in [0.15, 0.2) is 0 Å². The van der Waals surface area contributed by atoms with Gasteiger partial charge in [0.05, 0.1) is 12.7 Å². The highest BCUT2D eigenvalue weighted by atomic mass is 16.5. The van der Waals surface area contributed by atoms with Gasteiger partial charge in [-0.2, -0.15) is 0 Å². The second kappa shape index (κ2) is 7.29. The van der Waals surface area contributed by atoms with Crippen molar-refractivity contribution in [1.29, 1.82) is 0 Å². The van der Waals surface area contributed by atoms with Gasteiger partial charge < -0.3 is 10.1 Å². The maximum Gasteiger partial charge on any atom is 0.0625 e. The molecule has 1 aliphatic rings. The molecule has 0 bridgehead atoms. The molecule has 1 rings (SSSR count). The zero-order chi connectivity index (χ0) is 12.0. The maximum atomic E-state index is 5.80. The predicted molar refractivity (Wildman–Crippen MR) is 69.7 cm³/mol. The van der Waals surface area contributed by atoms with Crippen LogP contribution in [0.25, 0.3) is 0 Å². The summed E-state index contributed by atoms with van der Waals surface area (Å²) in [6.45, 7) is 10.9. The molecule has 96 valence electrons. The van der Waals surface area contributed by atoms with E-state index in [4.69, 9.17) is 4.74 Å². The topological polar surface area (TPSA) is 21.3 Å². The minimum atomic E-state index is 0.350. The molecular weight excluding hydrogens is 198 g/mol. The molecule has 0 saturated heterocycles. The van der Waals surface area contributed by atoms with Crippen molar-refractivity contribution in [2.75, 3.05) is 13.2 Å². The Labute approximate surface area is 101 Å². The second-order valence-electron chi connectivity index (χ2n) is 5.51. The van der Waals surface area contributed by atoms with Gasteiger partial charge in [0.25, 0.3) is 0 Å². The smallest absolute Gasteiger partial charge is 0.0625 e. The molecule has 3 unspecified atom stereocenters. The molecule has 0 aromatic rings. The van der Waals surface area contributed by atoms with Crippen LogP contribution in [0.3, 0.4) is 0 Å². The monoisotopic (exact) mass is 227 g/mol. The van der Waals surface area contributed by atoms with Crippen molar-refractivity contribution in [2.24, 2.45) is 11.8 Å². The molecular formula is C14H29NO. The van der Waals surface area contributed by atoms with Crippen LogP contribution in [0, 0.1) is 11.8 Å². The van der Waals surface area contributed by atoms with Crippen LogP contribution < -0.4 is 5.32 Å². The van der Waals surface area contributed by atoms with Crippen molar-refractivity contribution in [3.8, 4) is 0 Å². The average molecular weight is 227 g/mol. The van der Waals surface area contributed by atoms with E-state index in [1.807, 2.05) is 0 Å². The first-order valence-electron chi connectivity index (χ1n) is 7.00.